The first-order valence-electron chi connectivity index (χ1n) is 7.80. The Hall–Kier alpha value is -2.54. The van der Waals surface area contributed by atoms with Gasteiger partial charge in [0.1, 0.15) is 0 Å². The van der Waals surface area contributed by atoms with Crippen molar-refractivity contribution in [3.05, 3.63) is 71.3 Å². The predicted molar refractivity (Wildman–Crippen MR) is 85.6 cm³/mol. The molecule has 0 aromatic heterocycles. The summed E-state index contributed by atoms with van der Waals surface area (Å²) in [6.07, 6.45) is -1.21. The molecular weight excluding hydrogens is 324 g/mol. The molecule has 0 spiro atoms. The molecule has 6 nitrogen and oxygen atoms in total. The Balaban J connectivity index is 1.99. The van der Waals surface area contributed by atoms with Gasteiger partial charge in [0.05, 0.1) is 12.7 Å². The zero-order chi connectivity index (χ0) is 17.7. The molecule has 2 aromatic carbocycles. The second kappa shape index (κ2) is 5.49. The van der Waals surface area contributed by atoms with Crippen LogP contribution in [0.2, 0.25) is 0 Å². The average molecular weight is 340 g/mol. The molecule has 2 aliphatic rings. The molecule has 0 radical (unpaired) electrons. The van der Waals surface area contributed by atoms with Crippen LogP contribution in [0.25, 0.3) is 0 Å². The highest BCUT2D eigenvalue weighted by atomic mass is 16.9. The highest BCUT2D eigenvalue weighted by molar-refractivity contribution is 6.06. The lowest BCUT2D eigenvalue weighted by atomic mass is 9.83. The number of benzene rings is 2. The maximum Gasteiger partial charge on any atom is 0.346 e. The fourth-order valence-corrected chi connectivity index (χ4v) is 3.50. The third-order valence-electron chi connectivity index (χ3n) is 4.66. The van der Waals surface area contributed by atoms with Gasteiger partial charge in [-0.25, -0.2) is 4.79 Å². The number of Topliss-reactive ketones (excluding diaryl/α,β-unsaturated/α-hetero) is 1. The molecule has 0 unspecified atom stereocenters. The summed E-state index contributed by atoms with van der Waals surface area (Å²) < 4.78 is 22.5. The van der Waals surface area contributed by atoms with Crippen LogP contribution in [0.3, 0.4) is 0 Å². The molecule has 2 aliphatic heterocycles. The highest BCUT2D eigenvalue weighted by Gasteiger charge is 2.70. The number of fused-ring (bicyclic) bond motifs is 4. The Morgan fingerprint density at radius 2 is 1.72 bits per heavy atom. The number of methoxy groups -OCH3 is 2. The van der Waals surface area contributed by atoms with E-state index in [4.69, 9.17) is 18.9 Å². The van der Waals surface area contributed by atoms with E-state index in [1.165, 1.54) is 14.2 Å². The molecule has 1 fully saturated rings. The maximum absolute atomic E-state index is 13.1. The number of ketones is 1. The van der Waals surface area contributed by atoms with Crippen LogP contribution in [0.15, 0.2) is 54.6 Å². The van der Waals surface area contributed by atoms with Gasteiger partial charge in [-0.15, -0.1) is 0 Å². The van der Waals surface area contributed by atoms with Crippen molar-refractivity contribution in [1.82, 2.24) is 0 Å². The van der Waals surface area contributed by atoms with Gasteiger partial charge in [0.25, 0.3) is 0 Å². The monoisotopic (exact) mass is 340 g/mol. The summed E-state index contributed by atoms with van der Waals surface area (Å²) in [7, 11) is 2.65. The van der Waals surface area contributed by atoms with Gasteiger partial charge in [-0.2, -0.15) is 0 Å². The van der Waals surface area contributed by atoms with Gasteiger partial charge >= 0.3 is 11.9 Å². The van der Waals surface area contributed by atoms with Crippen molar-refractivity contribution in [2.45, 2.75) is 17.7 Å². The predicted octanol–water partition coefficient (Wildman–Crippen LogP) is 2.12. The Bertz CT molecular complexity index is 848. The summed E-state index contributed by atoms with van der Waals surface area (Å²) in [4.78, 5) is 25.9. The SMILES string of the molecule is COC(=O)[C@@]1(c2ccccc2)O[C@@]2(OC)O[C@@H]1C(=O)c1ccccc12. The fourth-order valence-electron chi connectivity index (χ4n) is 3.50. The topological polar surface area (TPSA) is 71.1 Å². The van der Waals surface area contributed by atoms with Crippen LogP contribution in [0.4, 0.5) is 0 Å². The van der Waals surface area contributed by atoms with E-state index < -0.39 is 23.6 Å². The van der Waals surface area contributed by atoms with Crippen molar-refractivity contribution in [2.24, 2.45) is 0 Å². The Kier molecular flexibility index (Phi) is 3.50. The van der Waals surface area contributed by atoms with Crippen molar-refractivity contribution >= 4 is 11.8 Å². The van der Waals surface area contributed by atoms with Crippen molar-refractivity contribution in [2.75, 3.05) is 14.2 Å². The van der Waals surface area contributed by atoms with Gasteiger partial charge in [0.2, 0.25) is 5.60 Å². The van der Waals surface area contributed by atoms with Crippen LogP contribution in [-0.4, -0.2) is 32.1 Å². The van der Waals surface area contributed by atoms with E-state index in [1.54, 1.807) is 54.6 Å². The highest BCUT2D eigenvalue weighted by Crippen LogP contribution is 2.54. The zero-order valence-electron chi connectivity index (χ0n) is 13.7. The van der Waals surface area contributed by atoms with E-state index in [2.05, 4.69) is 0 Å². The standard InChI is InChI=1S/C19H16O6/c1-22-17(21)18(12-8-4-3-5-9-12)16-15(20)13-10-6-7-11-14(13)19(23-2,24-16)25-18/h3-11,16H,1-2H3/t16-,18+,19+/m1/s1. The maximum atomic E-state index is 13.1. The Morgan fingerprint density at radius 3 is 2.40 bits per heavy atom. The van der Waals surface area contributed by atoms with Crippen molar-refractivity contribution < 1.29 is 28.5 Å². The van der Waals surface area contributed by atoms with E-state index in [0.717, 1.165) is 0 Å². The van der Waals surface area contributed by atoms with Gasteiger partial charge in [0.15, 0.2) is 11.9 Å². The molecule has 0 N–H and O–H groups in total. The molecule has 4 rings (SSSR count). The third kappa shape index (κ3) is 1.96. The first-order chi connectivity index (χ1) is 12.1. The average Bonchev–Trinajstić information content (AvgIpc) is 3.01. The molecule has 3 atom stereocenters. The normalized spacial score (nSPS) is 30.0. The lowest BCUT2D eigenvalue weighted by molar-refractivity contribution is -0.351. The van der Waals surface area contributed by atoms with E-state index >= 15 is 0 Å². The number of rotatable bonds is 3. The Morgan fingerprint density at radius 1 is 1.04 bits per heavy atom. The second-order valence-electron chi connectivity index (χ2n) is 5.86. The number of ether oxygens (including phenoxy) is 4. The lowest BCUT2D eigenvalue weighted by Gasteiger charge is -2.30. The van der Waals surface area contributed by atoms with Crippen LogP contribution >= 0.6 is 0 Å². The molecule has 2 aromatic rings. The molecule has 2 bridgehead atoms. The van der Waals surface area contributed by atoms with E-state index in [9.17, 15) is 9.59 Å². The van der Waals surface area contributed by atoms with Gasteiger partial charge in [-0.05, 0) is 5.56 Å². The molecule has 0 saturated carbocycles. The van der Waals surface area contributed by atoms with Gasteiger partial charge in [0, 0.05) is 12.7 Å². The third-order valence-corrected chi connectivity index (χ3v) is 4.66. The van der Waals surface area contributed by atoms with Crippen LogP contribution < -0.4 is 0 Å². The fraction of sp³-hybridized carbons (Fsp3) is 0.263. The first-order valence-corrected chi connectivity index (χ1v) is 7.80. The summed E-state index contributed by atoms with van der Waals surface area (Å²) in [6, 6.07) is 15.6. The molecular formula is C19H16O6. The minimum Gasteiger partial charge on any atom is -0.467 e. The zero-order valence-corrected chi connectivity index (χ0v) is 13.7. The van der Waals surface area contributed by atoms with Crippen molar-refractivity contribution in [3.63, 3.8) is 0 Å². The van der Waals surface area contributed by atoms with Gasteiger partial charge in [-0.1, -0.05) is 54.6 Å². The van der Waals surface area contributed by atoms with Crippen molar-refractivity contribution in [3.8, 4) is 0 Å². The molecule has 6 heteroatoms. The summed E-state index contributed by atoms with van der Waals surface area (Å²) >= 11 is 0. The summed E-state index contributed by atoms with van der Waals surface area (Å²) in [5.41, 5.74) is -0.447. The van der Waals surface area contributed by atoms with E-state index in [0.29, 0.717) is 16.7 Å². The summed E-state index contributed by atoms with van der Waals surface area (Å²) in [6.45, 7) is 0. The number of hydrogen-bond donors (Lipinski definition) is 0. The number of carbonyl (C=O) groups is 2. The lowest BCUT2D eigenvalue weighted by Crippen LogP contribution is -2.49. The van der Waals surface area contributed by atoms with Crippen LogP contribution in [0.1, 0.15) is 21.5 Å². The first kappa shape index (κ1) is 16.0. The minimum absolute atomic E-state index is 0.352. The molecule has 128 valence electrons. The summed E-state index contributed by atoms with van der Waals surface area (Å²) in [5.74, 6) is -2.72. The number of carbonyl (C=O) groups excluding carboxylic acids is 2. The van der Waals surface area contributed by atoms with E-state index in [-0.39, 0.29) is 5.78 Å². The molecule has 25 heavy (non-hydrogen) atoms. The Labute approximate surface area is 144 Å². The number of esters is 1. The van der Waals surface area contributed by atoms with E-state index in [1.807, 2.05) is 0 Å². The smallest absolute Gasteiger partial charge is 0.346 e. The molecule has 1 saturated heterocycles. The van der Waals surface area contributed by atoms with Crippen LogP contribution in [-0.2, 0) is 35.3 Å². The molecule has 2 heterocycles. The summed E-state index contributed by atoms with van der Waals surface area (Å²) in [5, 5.41) is 0. The second-order valence-corrected chi connectivity index (χ2v) is 5.86. The van der Waals surface area contributed by atoms with Crippen molar-refractivity contribution in [1.29, 1.82) is 0 Å². The van der Waals surface area contributed by atoms with Gasteiger partial charge in [-0.3, -0.25) is 9.53 Å². The largest absolute Gasteiger partial charge is 0.467 e. The van der Waals surface area contributed by atoms with Gasteiger partial charge < -0.3 is 14.2 Å². The minimum atomic E-state index is -1.75. The molecule has 0 amide bonds. The molecule has 0 aliphatic carbocycles. The van der Waals surface area contributed by atoms with Crippen LogP contribution in [0.5, 0.6) is 0 Å². The van der Waals surface area contributed by atoms with Crippen LogP contribution in [0, 0.1) is 0 Å². The quantitative estimate of drug-likeness (QED) is 0.797. The number of hydrogen-bond acceptors (Lipinski definition) is 6.